The molecular formula is C13H21N3O. The zero-order valence-corrected chi connectivity index (χ0v) is 10.8. The maximum Gasteiger partial charge on any atom is 0.128 e. The van der Waals surface area contributed by atoms with Gasteiger partial charge in [0, 0.05) is 20.6 Å². The summed E-state index contributed by atoms with van der Waals surface area (Å²) in [5.74, 6) is 0.973. The van der Waals surface area contributed by atoms with Crippen molar-refractivity contribution in [1.29, 1.82) is 0 Å². The zero-order chi connectivity index (χ0) is 12.3. The van der Waals surface area contributed by atoms with Crippen molar-refractivity contribution in [2.45, 2.75) is 32.0 Å². The molecule has 1 fully saturated rings. The highest BCUT2D eigenvalue weighted by molar-refractivity contribution is 5.47. The summed E-state index contributed by atoms with van der Waals surface area (Å²) < 4.78 is 5.75. The maximum atomic E-state index is 5.75. The fourth-order valence-electron chi connectivity index (χ4n) is 2.02. The Kier molecular flexibility index (Phi) is 3.84. The molecule has 1 aromatic rings. The average Bonchev–Trinajstić information content (AvgIpc) is 2.73. The van der Waals surface area contributed by atoms with Gasteiger partial charge in [-0.3, -0.25) is 0 Å². The summed E-state index contributed by atoms with van der Waals surface area (Å²) in [6, 6.07) is 4.07. The molecule has 4 nitrogen and oxygen atoms in total. The summed E-state index contributed by atoms with van der Waals surface area (Å²) in [6.07, 6.45) is 4.95. The second-order valence-electron chi connectivity index (χ2n) is 4.83. The number of ether oxygens (including phenoxy) is 1. The third-order valence-electron chi connectivity index (χ3n) is 3.06. The zero-order valence-electron chi connectivity index (χ0n) is 10.8. The normalized spacial score (nSPS) is 23.7. The van der Waals surface area contributed by atoms with Gasteiger partial charge in [0.1, 0.15) is 5.82 Å². The molecule has 1 saturated heterocycles. The number of rotatable bonds is 4. The number of pyridine rings is 1. The van der Waals surface area contributed by atoms with Crippen molar-refractivity contribution in [3.05, 3.63) is 18.3 Å². The van der Waals surface area contributed by atoms with E-state index in [0.717, 1.165) is 24.5 Å². The number of nitrogens with one attached hydrogen (secondary N) is 1. The Balaban J connectivity index is 1.83. The van der Waals surface area contributed by atoms with Crippen LogP contribution in [-0.4, -0.2) is 37.8 Å². The monoisotopic (exact) mass is 235 g/mol. The standard InChI is InChI=1S/C13H21N3O/c1-10-4-6-12(17-10)9-14-11-5-7-13(15-8-11)16(2)3/h5,7-8,10,12,14H,4,6,9H2,1-3H3. The van der Waals surface area contributed by atoms with Gasteiger partial charge in [0.15, 0.2) is 0 Å². The first-order chi connectivity index (χ1) is 8.15. The lowest BCUT2D eigenvalue weighted by atomic mass is 10.2. The van der Waals surface area contributed by atoms with Crippen LogP contribution in [0, 0.1) is 0 Å². The Bertz CT molecular complexity index is 350. The van der Waals surface area contributed by atoms with Crippen molar-refractivity contribution in [3.8, 4) is 0 Å². The van der Waals surface area contributed by atoms with E-state index in [9.17, 15) is 0 Å². The molecule has 2 heterocycles. The van der Waals surface area contributed by atoms with E-state index in [1.165, 1.54) is 6.42 Å². The van der Waals surface area contributed by atoms with Gasteiger partial charge in [0.25, 0.3) is 0 Å². The number of aromatic nitrogens is 1. The molecule has 0 aromatic carbocycles. The fourth-order valence-corrected chi connectivity index (χ4v) is 2.02. The lowest BCUT2D eigenvalue weighted by Gasteiger charge is -2.14. The highest BCUT2D eigenvalue weighted by Gasteiger charge is 2.21. The summed E-state index contributed by atoms with van der Waals surface area (Å²) in [5.41, 5.74) is 1.05. The minimum atomic E-state index is 0.346. The molecule has 2 rings (SSSR count). The Labute approximate surface area is 103 Å². The van der Waals surface area contributed by atoms with Gasteiger partial charge in [-0.1, -0.05) is 0 Å². The second-order valence-corrected chi connectivity index (χ2v) is 4.83. The number of nitrogens with zero attached hydrogens (tertiary/aromatic N) is 2. The molecule has 1 aromatic heterocycles. The first kappa shape index (κ1) is 12.2. The van der Waals surface area contributed by atoms with Gasteiger partial charge in [-0.15, -0.1) is 0 Å². The molecule has 0 radical (unpaired) electrons. The van der Waals surface area contributed by atoms with Crippen molar-refractivity contribution in [3.63, 3.8) is 0 Å². The van der Waals surface area contributed by atoms with Crippen molar-refractivity contribution >= 4 is 11.5 Å². The van der Waals surface area contributed by atoms with Crippen molar-refractivity contribution < 1.29 is 4.74 Å². The molecule has 1 aliphatic rings. The first-order valence-electron chi connectivity index (χ1n) is 6.18. The molecule has 2 atom stereocenters. The number of hydrogen-bond donors (Lipinski definition) is 1. The minimum Gasteiger partial charge on any atom is -0.381 e. The molecule has 2 unspecified atom stereocenters. The van der Waals surface area contributed by atoms with E-state index >= 15 is 0 Å². The molecular weight excluding hydrogens is 214 g/mol. The van der Waals surface area contributed by atoms with Crippen LogP contribution in [0.3, 0.4) is 0 Å². The van der Waals surface area contributed by atoms with Gasteiger partial charge in [-0.25, -0.2) is 4.98 Å². The highest BCUT2D eigenvalue weighted by atomic mass is 16.5. The second kappa shape index (κ2) is 5.36. The van der Waals surface area contributed by atoms with Crippen LogP contribution in [0.5, 0.6) is 0 Å². The molecule has 0 saturated carbocycles. The lowest BCUT2D eigenvalue weighted by molar-refractivity contribution is 0.0637. The Morgan fingerprint density at radius 2 is 2.24 bits per heavy atom. The van der Waals surface area contributed by atoms with Gasteiger partial charge >= 0.3 is 0 Å². The smallest absolute Gasteiger partial charge is 0.128 e. The highest BCUT2D eigenvalue weighted by Crippen LogP contribution is 2.19. The van der Waals surface area contributed by atoms with E-state index in [0.29, 0.717) is 12.2 Å². The third kappa shape index (κ3) is 3.33. The predicted molar refractivity (Wildman–Crippen MR) is 70.6 cm³/mol. The van der Waals surface area contributed by atoms with E-state index in [1.807, 2.05) is 31.3 Å². The van der Waals surface area contributed by atoms with Crippen LogP contribution in [0.4, 0.5) is 11.5 Å². The summed E-state index contributed by atoms with van der Waals surface area (Å²) in [6.45, 7) is 3.00. The maximum absolute atomic E-state index is 5.75. The topological polar surface area (TPSA) is 37.4 Å². The largest absolute Gasteiger partial charge is 0.381 e. The predicted octanol–water partition coefficient (Wildman–Crippen LogP) is 2.13. The molecule has 17 heavy (non-hydrogen) atoms. The number of anilines is 2. The van der Waals surface area contributed by atoms with Crippen LogP contribution in [0.2, 0.25) is 0 Å². The molecule has 0 amide bonds. The number of hydrogen-bond acceptors (Lipinski definition) is 4. The van der Waals surface area contributed by atoms with Crippen LogP contribution in [-0.2, 0) is 4.74 Å². The van der Waals surface area contributed by atoms with E-state index in [2.05, 4.69) is 23.3 Å². The van der Waals surface area contributed by atoms with E-state index in [4.69, 9.17) is 4.74 Å². The SMILES string of the molecule is CC1CCC(CNc2ccc(N(C)C)nc2)O1. The minimum absolute atomic E-state index is 0.346. The van der Waals surface area contributed by atoms with Crippen molar-refractivity contribution in [2.75, 3.05) is 30.9 Å². The summed E-state index contributed by atoms with van der Waals surface area (Å²) in [7, 11) is 3.98. The van der Waals surface area contributed by atoms with E-state index in [-0.39, 0.29) is 0 Å². The van der Waals surface area contributed by atoms with Crippen LogP contribution < -0.4 is 10.2 Å². The Morgan fingerprint density at radius 3 is 2.76 bits per heavy atom. The molecule has 4 heteroatoms. The summed E-state index contributed by atoms with van der Waals surface area (Å²) in [4.78, 5) is 6.35. The Hall–Kier alpha value is -1.29. The third-order valence-corrected chi connectivity index (χ3v) is 3.06. The Morgan fingerprint density at radius 1 is 1.41 bits per heavy atom. The van der Waals surface area contributed by atoms with Crippen LogP contribution in [0.25, 0.3) is 0 Å². The molecule has 94 valence electrons. The molecule has 0 aliphatic carbocycles. The van der Waals surface area contributed by atoms with Crippen LogP contribution in [0.1, 0.15) is 19.8 Å². The first-order valence-corrected chi connectivity index (χ1v) is 6.18. The quantitative estimate of drug-likeness (QED) is 0.867. The van der Waals surface area contributed by atoms with Gasteiger partial charge in [-0.05, 0) is 31.9 Å². The van der Waals surface area contributed by atoms with Crippen LogP contribution >= 0.6 is 0 Å². The van der Waals surface area contributed by atoms with Crippen molar-refractivity contribution in [2.24, 2.45) is 0 Å². The van der Waals surface area contributed by atoms with Gasteiger partial charge in [0.05, 0.1) is 24.1 Å². The van der Waals surface area contributed by atoms with Crippen LogP contribution in [0.15, 0.2) is 18.3 Å². The fraction of sp³-hybridized carbons (Fsp3) is 0.615. The molecule has 1 aliphatic heterocycles. The van der Waals surface area contributed by atoms with Gasteiger partial charge in [0.2, 0.25) is 0 Å². The molecule has 0 spiro atoms. The summed E-state index contributed by atoms with van der Waals surface area (Å²) in [5, 5.41) is 3.37. The van der Waals surface area contributed by atoms with E-state index in [1.54, 1.807) is 0 Å². The van der Waals surface area contributed by atoms with E-state index < -0.39 is 0 Å². The average molecular weight is 235 g/mol. The summed E-state index contributed by atoms with van der Waals surface area (Å²) >= 11 is 0. The lowest BCUT2D eigenvalue weighted by Crippen LogP contribution is -2.20. The van der Waals surface area contributed by atoms with Crippen molar-refractivity contribution in [1.82, 2.24) is 4.98 Å². The molecule has 1 N–H and O–H groups in total. The molecule has 0 bridgehead atoms. The van der Waals surface area contributed by atoms with Gasteiger partial charge in [-0.2, -0.15) is 0 Å². The van der Waals surface area contributed by atoms with Gasteiger partial charge < -0.3 is 15.0 Å².